The minimum atomic E-state index is -0.936. The molecule has 0 atom stereocenters. The Morgan fingerprint density at radius 2 is 1.92 bits per heavy atom. The topological polar surface area (TPSA) is 29.1 Å². The van der Waals surface area contributed by atoms with Crippen molar-refractivity contribution in [2.24, 2.45) is 0 Å². The SMILES string of the molecule is Cc1c(-c2ccc(Cl)cc2)cc(F)c(F)c1/C=C1\CCCNC1=O. The van der Waals surface area contributed by atoms with Gasteiger partial charge < -0.3 is 5.32 Å². The van der Waals surface area contributed by atoms with Gasteiger partial charge in [0.2, 0.25) is 5.91 Å². The molecule has 1 fully saturated rings. The number of nitrogens with one attached hydrogen (secondary N) is 1. The first-order chi connectivity index (χ1) is 11.5. The van der Waals surface area contributed by atoms with Gasteiger partial charge in [0.15, 0.2) is 11.6 Å². The summed E-state index contributed by atoms with van der Waals surface area (Å²) in [5, 5.41) is 3.29. The summed E-state index contributed by atoms with van der Waals surface area (Å²) in [6, 6.07) is 8.09. The number of amides is 1. The standard InChI is InChI=1S/C19H16ClF2NO/c1-11-15(12-4-6-14(20)7-5-12)10-17(21)18(22)16(11)9-13-3-2-8-23-19(13)24/h4-7,9-10H,2-3,8H2,1H3,(H,23,24)/b13-9+. The molecule has 0 unspecified atom stereocenters. The third-order valence-corrected chi connectivity index (χ3v) is 4.45. The summed E-state index contributed by atoms with van der Waals surface area (Å²) < 4.78 is 28.4. The fourth-order valence-corrected chi connectivity index (χ4v) is 2.98. The number of benzene rings is 2. The van der Waals surface area contributed by atoms with E-state index in [4.69, 9.17) is 11.6 Å². The molecule has 5 heteroatoms. The quantitative estimate of drug-likeness (QED) is 0.770. The lowest BCUT2D eigenvalue weighted by atomic mass is 9.93. The molecule has 0 spiro atoms. The van der Waals surface area contributed by atoms with Crippen molar-refractivity contribution < 1.29 is 13.6 Å². The highest BCUT2D eigenvalue weighted by Crippen LogP contribution is 2.32. The highest BCUT2D eigenvalue weighted by atomic mass is 35.5. The van der Waals surface area contributed by atoms with Gasteiger partial charge in [-0.1, -0.05) is 23.7 Å². The van der Waals surface area contributed by atoms with Crippen molar-refractivity contribution in [3.8, 4) is 11.1 Å². The van der Waals surface area contributed by atoms with Crippen molar-refractivity contribution in [2.75, 3.05) is 6.54 Å². The van der Waals surface area contributed by atoms with Gasteiger partial charge in [0.05, 0.1) is 0 Å². The minimum absolute atomic E-state index is 0.118. The Morgan fingerprint density at radius 1 is 1.21 bits per heavy atom. The molecule has 2 aromatic carbocycles. The molecule has 0 bridgehead atoms. The summed E-state index contributed by atoms with van der Waals surface area (Å²) >= 11 is 5.88. The average molecular weight is 348 g/mol. The molecule has 2 aromatic rings. The maximum absolute atomic E-state index is 14.3. The monoisotopic (exact) mass is 347 g/mol. The lowest BCUT2D eigenvalue weighted by Gasteiger charge is -2.17. The van der Waals surface area contributed by atoms with Gasteiger partial charge in [-0.2, -0.15) is 0 Å². The van der Waals surface area contributed by atoms with Crippen molar-refractivity contribution in [3.63, 3.8) is 0 Å². The molecule has 2 nitrogen and oxygen atoms in total. The van der Waals surface area contributed by atoms with Crippen LogP contribution < -0.4 is 5.32 Å². The third kappa shape index (κ3) is 3.20. The van der Waals surface area contributed by atoms with E-state index in [-0.39, 0.29) is 11.5 Å². The lowest BCUT2D eigenvalue weighted by molar-refractivity contribution is -0.118. The van der Waals surface area contributed by atoms with Crippen molar-refractivity contribution in [1.82, 2.24) is 5.32 Å². The van der Waals surface area contributed by atoms with E-state index in [0.717, 1.165) is 12.0 Å². The van der Waals surface area contributed by atoms with E-state index in [2.05, 4.69) is 5.32 Å². The molecular formula is C19H16ClF2NO. The molecule has 1 aliphatic rings. The van der Waals surface area contributed by atoms with Crippen molar-refractivity contribution >= 4 is 23.6 Å². The Labute approximate surface area is 144 Å². The largest absolute Gasteiger partial charge is 0.352 e. The van der Waals surface area contributed by atoms with Gasteiger partial charge in [0.1, 0.15) is 0 Å². The van der Waals surface area contributed by atoms with Gasteiger partial charge in [0, 0.05) is 22.7 Å². The molecule has 24 heavy (non-hydrogen) atoms. The van der Waals surface area contributed by atoms with E-state index in [0.29, 0.717) is 34.7 Å². The van der Waals surface area contributed by atoms with Crippen LogP contribution in [0.4, 0.5) is 8.78 Å². The van der Waals surface area contributed by atoms with Crippen LogP contribution in [0.25, 0.3) is 17.2 Å². The summed E-state index contributed by atoms with van der Waals surface area (Å²) in [6.07, 6.45) is 2.80. The molecule has 0 aliphatic carbocycles. The van der Waals surface area contributed by atoms with Gasteiger partial charge in [-0.15, -0.1) is 0 Å². The van der Waals surface area contributed by atoms with E-state index in [1.165, 1.54) is 12.1 Å². The molecule has 1 aliphatic heterocycles. The summed E-state index contributed by atoms with van der Waals surface area (Å²) in [6.45, 7) is 2.33. The lowest BCUT2D eigenvalue weighted by Crippen LogP contribution is -2.30. The number of halogens is 3. The number of hydrogen-bond acceptors (Lipinski definition) is 1. The Morgan fingerprint density at radius 3 is 2.58 bits per heavy atom. The van der Waals surface area contributed by atoms with Crippen LogP contribution >= 0.6 is 11.6 Å². The van der Waals surface area contributed by atoms with E-state index in [1.54, 1.807) is 31.2 Å². The van der Waals surface area contributed by atoms with Crippen LogP contribution in [0.1, 0.15) is 24.0 Å². The number of carbonyl (C=O) groups is 1. The van der Waals surface area contributed by atoms with E-state index >= 15 is 0 Å². The highest BCUT2D eigenvalue weighted by Gasteiger charge is 2.19. The van der Waals surface area contributed by atoms with E-state index < -0.39 is 11.6 Å². The Hall–Kier alpha value is -2.20. The second-order valence-electron chi connectivity index (χ2n) is 5.79. The molecule has 0 radical (unpaired) electrons. The average Bonchev–Trinajstić information content (AvgIpc) is 2.57. The second kappa shape index (κ2) is 6.73. The number of rotatable bonds is 2. The van der Waals surface area contributed by atoms with Crippen LogP contribution in [-0.2, 0) is 4.79 Å². The van der Waals surface area contributed by atoms with Gasteiger partial charge in [-0.05, 0) is 60.7 Å². The molecule has 0 saturated carbocycles. The molecular weight excluding hydrogens is 332 g/mol. The van der Waals surface area contributed by atoms with Crippen LogP contribution in [0.3, 0.4) is 0 Å². The van der Waals surface area contributed by atoms with Crippen LogP contribution in [-0.4, -0.2) is 12.5 Å². The maximum Gasteiger partial charge on any atom is 0.247 e. The fourth-order valence-electron chi connectivity index (χ4n) is 2.86. The highest BCUT2D eigenvalue weighted by molar-refractivity contribution is 6.30. The van der Waals surface area contributed by atoms with Crippen LogP contribution in [0.5, 0.6) is 0 Å². The van der Waals surface area contributed by atoms with Gasteiger partial charge in [0.25, 0.3) is 0 Å². The third-order valence-electron chi connectivity index (χ3n) is 4.20. The second-order valence-corrected chi connectivity index (χ2v) is 6.23. The molecule has 1 heterocycles. The summed E-state index contributed by atoms with van der Waals surface area (Å²) in [5.74, 6) is -2.10. The van der Waals surface area contributed by atoms with E-state index in [1.807, 2.05) is 0 Å². The van der Waals surface area contributed by atoms with Crippen molar-refractivity contribution in [3.05, 3.63) is 63.7 Å². The Balaban J connectivity index is 2.14. The summed E-state index contributed by atoms with van der Waals surface area (Å²) in [4.78, 5) is 11.9. The zero-order valence-electron chi connectivity index (χ0n) is 13.1. The molecule has 3 rings (SSSR count). The first kappa shape index (κ1) is 16.7. The normalized spacial score (nSPS) is 16.3. The zero-order chi connectivity index (χ0) is 17.3. The molecule has 1 amide bonds. The first-order valence-electron chi connectivity index (χ1n) is 7.70. The smallest absolute Gasteiger partial charge is 0.247 e. The number of carbonyl (C=O) groups excluding carboxylic acids is 1. The molecule has 124 valence electrons. The van der Waals surface area contributed by atoms with Crippen LogP contribution in [0, 0.1) is 18.6 Å². The van der Waals surface area contributed by atoms with Gasteiger partial charge in [-0.3, -0.25) is 4.79 Å². The fraction of sp³-hybridized carbons (Fsp3) is 0.211. The first-order valence-corrected chi connectivity index (χ1v) is 8.08. The summed E-state index contributed by atoms with van der Waals surface area (Å²) in [7, 11) is 0. The Bertz CT molecular complexity index is 828. The maximum atomic E-state index is 14.3. The van der Waals surface area contributed by atoms with E-state index in [9.17, 15) is 13.6 Å². The van der Waals surface area contributed by atoms with Crippen molar-refractivity contribution in [2.45, 2.75) is 19.8 Å². The Kier molecular flexibility index (Phi) is 4.67. The van der Waals surface area contributed by atoms with Gasteiger partial charge in [-0.25, -0.2) is 8.78 Å². The van der Waals surface area contributed by atoms with Crippen LogP contribution in [0.15, 0.2) is 35.9 Å². The predicted octanol–water partition coefficient (Wildman–Crippen LogP) is 4.89. The predicted molar refractivity (Wildman–Crippen MR) is 91.8 cm³/mol. The van der Waals surface area contributed by atoms with Crippen molar-refractivity contribution in [1.29, 1.82) is 0 Å². The molecule has 1 saturated heterocycles. The summed E-state index contributed by atoms with van der Waals surface area (Å²) in [5.41, 5.74) is 2.49. The minimum Gasteiger partial charge on any atom is -0.352 e. The zero-order valence-corrected chi connectivity index (χ0v) is 13.9. The van der Waals surface area contributed by atoms with Crippen LogP contribution in [0.2, 0.25) is 5.02 Å². The molecule has 0 aromatic heterocycles. The number of piperidine rings is 1. The number of hydrogen-bond donors (Lipinski definition) is 1. The van der Waals surface area contributed by atoms with Gasteiger partial charge >= 0.3 is 0 Å². The molecule has 1 N–H and O–H groups in total.